The van der Waals surface area contributed by atoms with Crippen LogP contribution in [0.15, 0.2) is 0 Å². The number of esters is 2. The maximum atomic E-state index is 12.2. The summed E-state index contributed by atoms with van der Waals surface area (Å²) in [6.45, 7) is 3.46. The summed E-state index contributed by atoms with van der Waals surface area (Å²) in [5, 5.41) is 2.80. The fraction of sp³-hybridized carbons (Fsp3) is 0.903. The summed E-state index contributed by atoms with van der Waals surface area (Å²) in [6, 6.07) is 0. The molecule has 248 valence electrons. The number of rotatable bonds is 30. The van der Waals surface area contributed by atoms with Crippen LogP contribution in [0.2, 0.25) is 0 Å². The Bertz CT molecular complexity index is 741. The van der Waals surface area contributed by atoms with Gasteiger partial charge in [0.05, 0.1) is 14.4 Å². The number of hydrogen-bond donors (Lipinski definition) is 1. The first-order valence-corrected chi connectivity index (χ1v) is 17.9. The molecule has 0 aromatic carbocycles. The Morgan fingerprint density at radius 1 is 0.636 bits per heavy atom. The number of ether oxygens (including phenoxy) is 2. The van der Waals surface area contributed by atoms with Gasteiger partial charge in [0.1, 0.15) is 6.61 Å². The number of hydrogen-bond acceptors (Lipinski definition) is 9. The molecule has 0 fully saturated rings. The SMILES string of the molecule is CCCCCCCCCCCCC(=O)O[C@@H](COC(=O)CCCCCCCCCCCCNC(C)=O)COP(=O)([O-])[O-].[Na+].[Na+]. The summed E-state index contributed by atoms with van der Waals surface area (Å²) in [6.07, 6.45) is 21.1. The zero-order chi connectivity index (χ0) is 31.3. The average molecular weight is 666 g/mol. The standard InChI is InChI=1S/C31H60NO9P.2Na/c1-3-4-5-6-7-8-11-15-18-21-24-31(35)41-29(27-40-42(36,37)38)26-39-30(34)23-20-17-14-12-9-10-13-16-19-22-25-32-28(2)33;;/h29H,3-27H2,1-2H3,(H,32,33)(H2,36,37,38);;/q;2*+1/p-2/t29-;;/m0../s1. The molecule has 1 atom stereocenters. The van der Waals surface area contributed by atoms with Gasteiger partial charge in [0.2, 0.25) is 5.91 Å². The van der Waals surface area contributed by atoms with Crippen LogP contribution in [-0.2, 0) is 32.9 Å². The van der Waals surface area contributed by atoms with Crippen LogP contribution in [0.1, 0.15) is 155 Å². The van der Waals surface area contributed by atoms with Gasteiger partial charge >= 0.3 is 71.1 Å². The van der Waals surface area contributed by atoms with E-state index < -0.39 is 32.5 Å². The molecular formula is C31H58NNa2O9P. The Labute approximate surface area is 311 Å². The first kappa shape index (κ1) is 48.9. The normalized spacial score (nSPS) is 11.6. The molecule has 0 saturated heterocycles. The Hall–Kier alpha value is 0.520. The number of phosphoric ester groups is 1. The minimum atomic E-state index is -5.25. The number of amides is 1. The molecule has 13 heteroatoms. The number of nitrogens with one attached hydrogen (secondary N) is 1. The Morgan fingerprint density at radius 2 is 1.05 bits per heavy atom. The largest absolute Gasteiger partial charge is 1.00 e. The molecule has 0 bridgehead atoms. The third-order valence-corrected chi connectivity index (χ3v) is 7.53. The zero-order valence-electron chi connectivity index (χ0n) is 28.4. The maximum Gasteiger partial charge on any atom is 1.00 e. The molecule has 0 aromatic rings. The molecule has 0 radical (unpaired) electrons. The van der Waals surface area contributed by atoms with Crippen LogP contribution < -0.4 is 74.2 Å². The Morgan fingerprint density at radius 3 is 1.48 bits per heavy atom. The molecule has 1 N–H and O–H groups in total. The van der Waals surface area contributed by atoms with Crippen LogP contribution in [0.3, 0.4) is 0 Å². The van der Waals surface area contributed by atoms with Crippen molar-refractivity contribution in [2.75, 3.05) is 19.8 Å². The van der Waals surface area contributed by atoms with Gasteiger partial charge in [0.25, 0.3) is 0 Å². The van der Waals surface area contributed by atoms with Crippen molar-refractivity contribution < 1.29 is 102 Å². The third-order valence-electron chi connectivity index (χ3n) is 7.06. The molecule has 0 unspecified atom stereocenters. The quantitative estimate of drug-likeness (QED) is 0.0485. The summed E-state index contributed by atoms with van der Waals surface area (Å²) < 4.78 is 25.6. The van der Waals surface area contributed by atoms with Crippen LogP contribution in [0, 0.1) is 0 Å². The Kier molecular flexibility index (Phi) is 38.7. The molecule has 0 aromatic heterocycles. The van der Waals surface area contributed by atoms with E-state index in [-0.39, 0.29) is 84.5 Å². The van der Waals surface area contributed by atoms with Gasteiger partial charge in [-0.05, 0) is 19.3 Å². The average Bonchev–Trinajstić information content (AvgIpc) is 2.93. The molecule has 0 rings (SSSR count). The summed E-state index contributed by atoms with van der Waals surface area (Å²) in [4.78, 5) is 56.9. The summed E-state index contributed by atoms with van der Waals surface area (Å²) in [5.74, 6) is -0.973. The fourth-order valence-corrected chi connectivity index (χ4v) is 4.97. The zero-order valence-corrected chi connectivity index (χ0v) is 33.3. The van der Waals surface area contributed by atoms with Crippen molar-refractivity contribution in [3.05, 3.63) is 0 Å². The monoisotopic (exact) mass is 665 g/mol. The van der Waals surface area contributed by atoms with Gasteiger partial charge < -0.3 is 33.7 Å². The predicted octanol–water partition coefficient (Wildman–Crippen LogP) is 0.0329. The van der Waals surface area contributed by atoms with Crippen LogP contribution in [-0.4, -0.2) is 43.7 Å². The van der Waals surface area contributed by atoms with Crippen molar-refractivity contribution in [2.45, 2.75) is 161 Å². The van der Waals surface area contributed by atoms with E-state index in [9.17, 15) is 28.7 Å². The first-order valence-electron chi connectivity index (χ1n) is 16.4. The second-order valence-corrected chi connectivity index (χ2v) is 12.4. The Balaban J connectivity index is -0.00000840. The molecule has 0 heterocycles. The fourth-order valence-electron chi connectivity index (χ4n) is 4.62. The minimum Gasteiger partial charge on any atom is -0.790 e. The van der Waals surface area contributed by atoms with Crippen molar-refractivity contribution in [3.8, 4) is 0 Å². The molecule has 0 saturated carbocycles. The van der Waals surface area contributed by atoms with E-state index in [2.05, 4.69) is 16.8 Å². The van der Waals surface area contributed by atoms with Crippen molar-refractivity contribution in [1.29, 1.82) is 0 Å². The van der Waals surface area contributed by atoms with Gasteiger partial charge in [0.15, 0.2) is 6.10 Å². The van der Waals surface area contributed by atoms with Gasteiger partial charge in [0, 0.05) is 26.3 Å². The van der Waals surface area contributed by atoms with Gasteiger partial charge in [-0.15, -0.1) is 0 Å². The number of unbranched alkanes of at least 4 members (excludes halogenated alkanes) is 18. The molecule has 44 heavy (non-hydrogen) atoms. The van der Waals surface area contributed by atoms with Crippen LogP contribution >= 0.6 is 7.82 Å². The van der Waals surface area contributed by atoms with Crippen molar-refractivity contribution in [1.82, 2.24) is 5.32 Å². The van der Waals surface area contributed by atoms with E-state index in [1.165, 1.54) is 64.7 Å². The second-order valence-electron chi connectivity index (χ2n) is 11.2. The first-order chi connectivity index (χ1) is 20.1. The number of carbonyl (C=O) groups excluding carboxylic acids is 3. The molecule has 1 amide bonds. The predicted molar refractivity (Wildman–Crippen MR) is 160 cm³/mol. The van der Waals surface area contributed by atoms with Crippen molar-refractivity contribution >= 4 is 25.7 Å². The van der Waals surface area contributed by atoms with Crippen molar-refractivity contribution in [3.63, 3.8) is 0 Å². The third kappa shape index (κ3) is 38.7. The van der Waals surface area contributed by atoms with Crippen LogP contribution in [0.25, 0.3) is 0 Å². The van der Waals surface area contributed by atoms with E-state index in [0.717, 1.165) is 64.3 Å². The smallest absolute Gasteiger partial charge is 0.790 e. The number of phosphoric acid groups is 1. The minimum absolute atomic E-state index is 0. The maximum absolute atomic E-state index is 12.2. The van der Waals surface area contributed by atoms with Gasteiger partial charge in [-0.25, -0.2) is 0 Å². The van der Waals surface area contributed by atoms with Crippen LogP contribution in [0.4, 0.5) is 0 Å². The topological polar surface area (TPSA) is 154 Å². The molecule has 0 aliphatic carbocycles. The van der Waals surface area contributed by atoms with Gasteiger partial charge in [-0.2, -0.15) is 0 Å². The molecule has 0 aliphatic rings. The van der Waals surface area contributed by atoms with Crippen molar-refractivity contribution in [2.24, 2.45) is 0 Å². The van der Waals surface area contributed by atoms with Crippen LogP contribution in [0.5, 0.6) is 0 Å². The van der Waals surface area contributed by atoms with E-state index in [0.29, 0.717) is 12.8 Å². The van der Waals surface area contributed by atoms with E-state index in [1.54, 1.807) is 0 Å². The van der Waals surface area contributed by atoms with E-state index >= 15 is 0 Å². The van der Waals surface area contributed by atoms with E-state index in [4.69, 9.17) is 9.47 Å². The van der Waals surface area contributed by atoms with E-state index in [1.807, 2.05) is 0 Å². The molecule has 0 spiro atoms. The molecule has 0 aliphatic heterocycles. The van der Waals surface area contributed by atoms with Gasteiger partial charge in [-0.1, -0.05) is 116 Å². The number of carbonyl (C=O) groups is 3. The summed E-state index contributed by atoms with van der Waals surface area (Å²) in [5.41, 5.74) is 0. The van der Waals surface area contributed by atoms with Gasteiger partial charge in [-0.3, -0.25) is 14.4 Å². The molecule has 10 nitrogen and oxygen atoms in total. The summed E-state index contributed by atoms with van der Waals surface area (Å²) in [7, 11) is -5.25. The summed E-state index contributed by atoms with van der Waals surface area (Å²) >= 11 is 0. The second kappa shape index (κ2) is 34.8. The molecular weight excluding hydrogens is 607 g/mol.